The number of nitrogens with one attached hydrogen (secondary N) is 2. The number of imidazole rings is 2. The van der Waals surface area contributed by atoms with Gasteiger partial charge in [-0.3, -0.25) is 9.13 Å². The number of nitrogens with zero attached hydrogens (tertiary/aromatic N) is 4. The second-order valence-corrected chi connectivity index (χ2v) is 17.6. The first-order valence-electron chi connectivity index (χ1n) is 22.3. The van der Waals surface area contributed by atoms with Crippen LogP contribution >= 0.6 is 0 Å². The maximum atomic E-state index is 12.6. The molecule has 0 unspecified atom stereocenters. The molecule has 0 bridgehead atoms. The molecule has 56 heavy (non-hydrogen) atoms. The van der Waals surface area contributed by atoms with Crippen molar-refractivity contribution in [2.24, 2.45) is 0 Å². The molecule has 0 spiro atoms. The highest BCUT2D eigenvalue weighted by molar-refractivity contribution is 5.78. The molecule has 2 saturated heterocycles. The molecular weight excluding hydrogens is 701 g/mol. The number of aromatic nitrogens is 4. The maximum absolute atomic E-state index is 12.6. The van der Waals surface area contributed by atoms with Gasteiger partial charge in [-0.25, -0.2) is 9.59 Å². The van der Waals surface area contributed by atoms with Crippen LogP contribution in [0.1, 0.15) is 138 Å². The van der Waals surface area contributed by atoms with Crippen LogP contribution in [0.4, 0.5) is 0 Å². The van der Waals surface area contributed by atoms with E-state index in [1.54, 1.807) is 0 Å². The van der Waals surface area contributed by atoms with Crippen molar-refractivity contribution in [2.75, 3.05) is 39.4 Å². The number of likely N-dealkylation sites (tertiary alicyclic amines) is 2. The number of benzene rings is 2. The van der Waals surface area contributed by atoms with Crippen LogP contribution in [0.2, 0.25) is 0 Å². The molecule has 10 nitrogen and oxygen atoms in total. The van der Waals surface area contributed by atoms with Gasteiger partial charge in [0.05, 0.1) is 34.3 Å². The topological polar surface area (TPSA) is 101 Å². The van der Waals surface area contributed by atoms with Crippen LogP contribution in [0.25, 0.3) is 22.1 Å². The molecule has 0 amide bonds. The van der Waals surface area contributed by atoms with E-state index in [0.717, 1.165) is 100.0 Å². The largest absolute Gasteiger partial charge is 0.378 e. The second-order valence-electron chi connectivity index (χ2n) is 17.6. The Balaban J connectivity index is 0.000000172. The number of ether oxygens (including phenoxy) is 2. The van der Waals surface area contributed by atoms with Crippen LogP contribution in [0.15, 0.2) is 33.9 Å². The van der Waals surface area contributed by atoms with Crippen LogP contribution in [0.3, 0.4) is 0 Å². The minimum Gasteiger partial charge on any atom is -0.378 e. The number of hydrogen-bond acceptors (Lipinski definition) is 6. The van der Waals surface area contributed by atoms with Gasteiger partial charge in [-0.15, -0.1) is 0 Å². The first kappa shape index (κ1) is 41.0. The number of H-pyrrole nitrogens is 2. The van der Waals surface area contributed by atoms with E-state index in [1.165, 1.54) is 73.6 Å². The molecule has 0 radical (unpaired) electrons. The fraction of sp³-hybridized carbons (Fsp3) is 0.696. The lowest BCUT2D eigenvalue weighted by Crippen LogP contribution is -2.45. The molecule has 2 aliphatic carbocycles. The number of rotatable bonds is 10. The summed E-state index contributed by atoms with van der Waals surface area (Å²) in [6.07, 6.45) is 17.2. The summed E-state index contributed by atoms with van der Waals surface area (Å²) < 4.78 is 15.9. The Kier molecular flexibility index (Phi) is 13.6. The monoisotopic (exact) mass is 771 g/mol. The van der Waals surface area contributed by atoms with Crippen molar-refractivity contribution in [1.29, 1.82) is 0 Å². The Morgan fingerprint density at radius 3 is 1.18 bits per heavy atom. The molecule has 308 valence electrons. The van der Waals surface area contributed by atoms with Gasteiger partial charge in [0.1, 0.15) is 0 Å². The van der Waals surface area contributed by atoms with Gasteiger partial charge in [-0.1, -0.05) is 13.8 Å². The maximum Gasteiger partial charge on any atom is 0.326 e. The van der Waals surface area contributed by atoms with E-state index in [2.05, 4.69) is 85.6 Å². The molecule has 4 heterocycles. The number of piperidine rings is 2. The molecule has 2 aromatic carbocycles. The van der Waals surface area contributed by atoms with Gasteiger partial charge >= 0.3 is 11.4 Å². The van der Waals surface area contributed by atoms with Crippen molar-refractivity contribution < 1.29 is 9.47 Å². The van der Waals surface area contributed by atoms with Crippen molar-refractivity contribution in [3.8, 4) is 0 Å². The zero-order valence-electron chi connectivity index (χ0n) is 35.3. The molecule has 4 aromatic rings. The van der Waals surface area contributed by atoms with Crippen LogP contribution in [0.5, 0.6) is 0 Å². The van der Waals surface area contributed by atoms with Crippen molar-refractivity contribution in [3.05, 3.63) is 67.5 Å². The van der Waals surface area contributed by atoms with E-state index < -0.39 is 0 Å². The van der Waals surface area contributed by atoms with Crippen LogP contribution in [-0.4, -0.2) is 92.6 Å². The van der Waals surface area contributed by atoms with E-state index in [1.807, 2.05) is 9.13 Å². The average Bonchev–Trinajstić information content (AvgIpc) is 3.70. The van der Waals surface area contributed by atoms with Gasteiger partial charge in [-0.05, 0) is 164 Å². The third-order valence-corrected chi connectivity index (χ3v) is 13.8. The van der Waals surface area contributed by atoms with E-state index in [9.17, 15) is 9.59 Å². The highest BCUT2D eigenvalue weighted by atomic mass is 16.5. The Bertz CT molecular complexity index is 1850. The van der Waals surface area contributed by atoms with E-state index in [0.29, 0.717) is 36.4 Å². The van der Waals surface area contributed by atoms with E-state index in [-0.39, 0.29) is 11.4 Å². The normalized spacial score (nSPS) is 24.8. The Labute approximate surface area is 334 Å². The Morgan fingerprint density at radius 1 is 0.500 bits per heavy atom. The number of aromatic amines is 2. The average molecular weight is 771 g/mol. The predicted octanol–water partition coefficient (Wildman–Crippen LogP) is 8.64. The van der Waals surface area contributed by atoms with E-state index in [4.69, 9.17) is 9.47 Å². The fourth-order valence-electron chi connectivity index (χ4n) is 10.2. The van der Waals surface area contributed by atoms with Crippen molar-refractivity contribution in [2.45, 2.75) is 168 Å². The molecule has 8 rings (SSSR count). The smallest absolute Gasteiger partial charge is 0.326 e. The third-order valence-electron chi connectivity index (χ3n) is 13.8. The number of aryl methyl sites for hydroxylation is 4. The molecule has 0 atom stereocenters. The van der Waals surface area contributed by atoms with Gasteiger partial charge in [0.15, 0.2) is 0 Å². The lowest BCUT2D eigenvalue weighted by atomic mass is 9.90. The number of hydrogen-bond donors (Lipinski definition) is 2. The summed E-state index contributed by atoms with van der Waals surface area (Å²) in [6.45, 7) is 19.0. The molecule has 2 aliphatic heterocycles. The summed E-state index contributed by atoms with van der Waals surface area (Å²) in [4.78, 5) is 36.8. The summed E-state index contributed by atoms with van der Waals surface area (Å²) in [5.41, 5.74) is 9.14. The molecule has 10 heteroatoms. The zero-order chi connectivity index (χ0) is 39.3. The fourth-order valence-corrected chi connectivity index (χ4v) is 10.2. The van der Waals surface area contributed by atoms with Crippen LogP contribution in [0, 0.1) is 27.7 Å². The molecular formula is C46H70N6O4. The first-order valence-corrected chi connectivity index (χ1v) is 22.3. The lowest BCUT2D eigenvalue weighted by Gasteiger charge is -2.41. The molecule has 2 aromatic heterocycles. The minimum atomic E-state index is 0.0482. The highest BCUT2D eigenvalue weighted by Gasteiger charge is 2.32. The summed E-state index contributed by atoms with van der Waals surface area (Å²) in [5, 5.41) is 0. The quantitative estimate of drug-likeness (QED) is 0.168. The van der Waals surface area contributed by atoms with Gasteiger partial charge in [-0.2, -0.15) is 0 Å². The SMILES string of the molecule is CCCOC1CCC(N2CCC(n3c(=O)[nH]c4cc(C)c(C)cc43)CC2)CC1.CCCOC1CCC(N2CCC(n3c(=O)[nH]c4cc(C)c(C)cc43)CC2)CC1. The summed E-state index contributed by atoms with van der Waals surface area (Å²) in [5.74, 6) is 0. The van der Waals surface area contributed by atoms with E-state index >= 15 is 0 Å². The van der Waals surface area contributed by atoms with Crippen LogP contribution < -0.4 is 11.4 Å². The minimum absolute atomic E-state index is 0.0482. The Hall–Kier alpha value is -3.18. The van der Waals surface area contributed by atoms with Crippen molar-refractivity contribution in [3.63, 3.8) is 0 Å². The molecule has 2 N–H and O–H groups in total. The van der Waals surface area contributed by atoms with Crippen LogP contribution in [-0.2, 0) is 9.47 Å². The molecule has 4 fully saturated rings. The Morgan fingerprint density at radius 2 is 0.839 bits per heavy atom. The summed E-state index contributed by atoms with van der Waals surface area (Å²) in [7, 11) is 0. The van der Waals surface area contributed by atoms with Gasteiger partial charge in [0, 0.05) is 63.6 Å². The predicted molar refractivity (Wildman–Crippen MR) is 228 cm³/mol. The summed E-state index contributed by atoms with van der Waals surface area (Å²) >= 11 is 0. The molecule has 4 aliphatic rings. The zero-order valence-corrected chi connectivity index (χ0v) is 35.3. The van der Waals surface area contributed by atoms with Crippen molar-refractivity contribution in [1.82, 2.24) is 28.9 Å². The standard InChI is InChI=1S/2C23H35N3O2/c2*1-4-13-28-20-7-5-18(6-8-20)25-11-9-19(10-12-25)26-22-15-17(3)16(2)14-21(22)24-23(26)27/h2*14-15,18-20H,4-13H2,1-3H3,(H,24,27). The summed E-state index contributed by atoms with van der Waals surface area (Å²) in [6, 6.07) is 10.6. The van der Waals surface area contributed by atoms with Gasteiger partial charge < -0.3 is 29.2 Å². The molecule has 2 saturated carbocycles. The van der Waals surface area contributed by atoms with Crippen molar-refractivity contribution >= 4 is 22.1 Å². The third kappa shape index (κ3) is 9.24. The number of fused-ring (bicyclic) bond motifs is 2. The second kappa shape index (κ2) is 18.6. The van der Waals surface area contributed by atoms with Gasteiger partial charge in [0.25, 0.3) is 0 Å². The lowest BCUT2D eigenvalue weighted by molar-refractivity contribution is 0.00249. The first-order chi connectivity index (χ1) is 27.1. The van der Waals surface area contributed by atoms with Gasteiger partial charge in [0.2, 0.25) is 0 Å². The highest BCUT2D eigenvalue weighted by Crippen LogP contribution is 2.33.